The van der Waals surface area contributed by atoms with Gasteiger partial charge < -0.3 is 10.0 Å². The molecule has 21 heavy (non-hydrogen) atoms. The molecule has 4 heteroatoms. The summed E-state index contributed by atoms with van der Waals surface area (Å²) in [4.78, 5) is 15.6. The number of aliphatic carboxylic acids is 1. The zero-order valence-electron chi connectivity index (χ0n) is 14.0. The lowest BCUT2D eigenvalue weighted by Gasteiger charge is -2.44. The van der Waals surface area contributed by atoms with Gasteiger partial charge in [-0.05, 0) is 37.0 Å². The number of hydrogen-bond donors (Lipinski definition) is 1. The Hall–Kier alpha value is -0.610. The minimum atomic E-state index is -0.682. The van der Waals surface area contributed by atoms with Gasteiger partial charge in [0.25, 0.3) is 0 Å². The van der Waals surface area contributed by atoms with Crippen molar-refractivity contribution in [2.24, 2.45) is 11.3 Å². The van der Waals surface area contributed by atoms with Crippen LogP contribution in [0.1, 0.15) is 52.9 Å². The summed E-state index contributed by atoms with van der Waals surface area (Å²) in [5.41, 5.74) is 0.459. The van der Waals surface area contributed by atoms with Crippen molar-refractivity contribution in [1.82, 2.24) is 9.80 Å². The molecule has 0 aromatic carbocycles. The average molecular weight is 296 g/mol. The van der Waals surface area contributed by atoms with E-state index in [4.69, 9.17) is 5.11 Å². The molecule has 0 aromatic rings. The smallest absolute Gasteiger partial charge is 0.304 e. The Bertz CT molecular complexity index is 335. The normalized spacial score (nSPS) is 29.5. The van der Waals surface area contributed by atoms with E-state index in [9.17, 15) is 4.79 Å². The molecule has 1 aliphatic carbocycles. The number of nitrogens with zero attached hydrogens (tertiary/aromatic N) is 2. The van der Waals surface area contributed by atoms with Crippen LogP contribution in [0, 0.1) is 11.3 Å². The predicted octanol–water partition coefficient (Wildman–Crippen LogP) is 2.68. The van der Waals surface area contributed by atoms with E-state index in [2.05, 4.69) is 30.6 Å². The molecular formula is C17H32N2O2. The minimum absolute atomic E-state index is 0.274. The van der Waals surface area contributed by atoms with Crippen molar-refractivity contribution in [1.29, 1.82) is 0 Å². The van der Waals surface area contributed by atoms with Gasteiger partial charge in [-0.2, -0.15) is 0 Å². The Balaban J connectivity index is 1.70. The van der Waals surface area contributed by atoms with Crippen LogP contribution in [0.3, 0.4) is 0 Å². The lowest BCUT2D eigenvalue weighted by atomic mass is 9.71. The largest absolute Gasteiger partial charge is 0.481 e. The maximum Gasteiger partial charge on any atom is 0.304 e. The van der Waals surface area contributed by atoms with Crippen LogP contribution < -0.4 is 0 Å². The van der Waals surface area contributed by atoms with Crippen molar-refractivity contribution in [2.45, 2.75) is 58.9 Å². The van der Waals surface area contributed by atoms with Gasteiger partial charge in [0.15, 0.2) is 0 Å². The third-order valence-electron chi connectivity index (χ3n) is 5.49. The van der Waals surface area contributed by atoms with E-state index >= 15 is 0 Å². The molecule has 1 heterocycles. The fraction of sp³-hybridized carbons (Fsp3) is 0.941. The van der Waals surface area contributed by atoms with Crippen LogP contribution in [-0.2, 0) is 4.79 Å². The van der Waals surface area contributed by atoms with Crippen LogP contribution in [0.25, 0.3) is 0 Å². The van der Waals surface area contributed by atoms with Gasteiger partial charge in [0.05, 0.1) is 6.42 Å². The second-order valence-corrected chi connectivity index (χ2v) is 7.89. The fourth-order valence-electron chi connectivity index (χ4n) is 3.91. The number of carbonyl (C=O) groups is 1. The topological polar surface area (TPSA) is 43.8 Å². The monoisotopic (exact) mass is 296 g/mol. The minimum Gasteiger partial charge on any atom is -0.481 e. The maximum atomic E-state index is 10.6. The zero-order chi connectivity index (χ0) is 15.5. The molecule has 2 fully saturated rings. The number of carboxylic acid groups (broad SMARTS) is 1. The number of rotatable bonds is 4. The van der Waals surface area contributed by atoms with Crippen LogP contribution in [0.15, 0.2) is 0 Å². The number of piperazine rings is 1. The molecule has 1 saturated carbocycles. The van der Waals surface area contributed by atoms with Gasteiger partial charge in [-0.3, -0.25) is 9.69 Å². The second-order valence-electron chi connectivity index (χ2n) is 7.89. The summed E-state index contributed by atoms with van der Waals surface area (Å²) < 4.78 is 0. The summed E-state index contributed by atoms with van der Waals surface area (Å²) in [6, 6.07) is 0.769. The lowest BCUT2D eigenvalue weighted by Crippen LogP contribution is -2.51. The summed E-state index contributed by atoms with van der Waals surface area (Å²) in [6.45, 7) is 12.1. The van der Waals surface area contributed by atoms with Gasteiger partial charge in [-0.15, -0.1) is 0 Å². The Morgan fingerprint density at radius 2 is 1.62 bits per heavy atom. The van der Waals surface area contributed by atoms with Gasteiger partial charge in [-0.25, -0.2) is 0 Å². The summed E-state index contributed by atoms with van der Waals surface area (Å²) >= 11 is 0. The average Bonchev–Trinajstić information content (AvgIpc) is 2.45. The molecule has 4 nitrogen and oxygen atoms in total. The first-order valence-electron chi connectivity index (χ1n) is 8.54. The first kappa shape index (κ1) is 16.8. The first-order valence-corrected chi connectivity index (χ1v) is 8.54. The van der Waals surface area contributed by atoms with Gasteiger partial charge in [0.2, 0.25) is 0 Å². The standard InChI is InChI=1S/C17H32N2O2/c1-17(2,3)14-4-6-15(7-5-14)19-12-10-18(11-13-19)9-8-16(20)21/h14-15H,4-13H2,1-3H3,(H,20,21). The van der Waals surface area contributed by atoms with Crippen LogP contribution in [0.5, 0.6) is 0 Å². The molecule has 1 aliphatic heterocycles. The van der Waals surface area contributed by atoms with Gasteiger partial charge in [-0.1, -0.05) is 20.8 Å². The van der Waals surface area contributed by atoms with E-state index in [1.807, 2.05) is 0 Å². The van der Waals surface area contributed by atoms with Crippen LogP contribution in [-0.4, -0.2) is 59.6 Å². The summed E-state index contributed by atoms with van der Waals surface area (Å²) in [7, 11) is 0. The predicted molar refractivity (Wildman–Crippen MR) is 85.5 cm³/mol. The molecule has 0 spiro atoms. The van der Waals surface area contributed by atoms with E-state index in [-0.39, 0.29) is 6.42 Å². The Morgan fingerprint density at radius 1 is 1.05 bits per heavy atom. The van der Waals surface area contributed by atoms with Gasteiger partial charge in [0, 0.05) is 38.8 Å². The summed E-state index contributed by atoms with van der Waals surface area (Å²) in [5.74, 6) is 0.198. The van der Waals surface area contributed by atoms with E-state index in [0.717, 1.165) is 38.1 Å². The lowest BCUT2D eigenvalue weighted by molar-refractivity contribution is -0.137. The van der Waals surface area contributed by atoms with Crippen molar-refractivity contribution in [2.75, 3.05) is 32.7 Å². The van der Waals surface area contributed by atoms with Crippen molar-refractivity contribution in [3.8, 4) is 0 Å². The highest BCUT2D eigenvalue weighted by atomic mass is 16.4. The third-order valence-corrected chi connectivity index (χ3v) is 5.49. The zero-order valence-corrected chi connectivity index (χ0v) is 14.0. The molecule has 2 rings (SSSR count). The Morgan fingerprint density at radius 3 is 2.10 bits per heavy atom. The molecule has 0 atom stereocenters. The van der Waals surface area contributed by atoms with Crippen molar-refractivity contribution in [3.63, 3.8) is 0 Å². The molecule has 122 valence electrons. The first-order chi connectivity index (χ1) is 9.86. The molecule has 1 N–H and O–H groups in total. The SMILES string of the molecule is CC(C)(C)C1CCC(N2CCN(CCC(=O)O)CC2)CC1. The number of carboxylic acids is 1. The molecule has 1 saturated heterocycles. The number of hydrogen-bond acceptors (Lipinski definition) is 3. The molecule has 0 radical (unpaired) electrons. The summed E-state index contributed by atoms with van der Waals surface area (Å²) in [6.07, 6.45) is 5.70. The highest BCUT2D eigenvalue weighted by Crippen LogP contribution is 2.39. The van der Waals surface area contributed by atoms with Crippen LogP contribution in [0.4, 0.5) is 0 Å². The Labute approximate surface area is 129 Å². The van der Waals surface area contributed by atoms with Crippen LogP contribution >= 0.6 is 0 Å². The fourth-order valence-corrected chi connectivity index (χ4v) is 3.91. The molecule has 2 aliphatic rings. The summed E-state index contributed by atoms with van der Waals surface area (Å²) in [5, 5.41) is 8.75. The highest BCUT2D eigenvalue weighted by molar-refractivity contribution is 5.66. The maximum absolute atomic E-state index is 10.6. The van der Waals surface area contributed by atoms with E-state index in [1.165, 1.54) is 25.7 Å². The molecule has 0 unspecified atom stereocenters. The molecule has 0 amide bonds. The third kappa shape index (κ3) is 4.96. The van der Waals surface area contributed by atoms with Crippen molar-refractivity contribution >= 4 is 5.97 Å². The second kappa shape index (κ2) is 7.10. The Kier molecular flexibility index (Phi) is 5.67. The van der Waals surface area contributed by atoms with Gasteiger partial charge in [0.1, 0.15) is 0 Å². The van der Waals surface area contributed by atoms with Gasteiger partial charge >= 0.3 is 5.97 Å². The highest BCUT2D eigenvalue weighted by Gasteiger charge is 2.32. The molecule has 0 aromatic heterocycles. The van der Waals surface area contributed by atoms with Crippen molar-refractivity contribution < 1.29 is 9.90 Å². The van der Waals surface area contributed by atoms with Crippen LogP contribution in [0.2, 0.25) is 0 Å². The van der Waals surface area contributed by atoms with E-state index in [1.54, 1.807) is 0 Å². The van der Waals surface area contributed by atoms with Crippen molar-refractivity contribution in [3.05, 3.63) is 0 Å². The molecular weight excluding hydrogens is 264 g/mol. The van der Waals surface area contributed by atoms with E-state index < -0.39 is 5.97 Å². The van der Waals surface area contributed by atoms with E-state index in [0.29, 0.717) is 12.0 Å². The molecule has 0 bridgehead atoms. The quantitative estimate of drug-likeness (QED) is 0.866.